The Balaban J connectivity index is 1.51. The van der Waals surface area contributed by atoms with E-state index < -0.39 is 0 Å². The molecule has 0 aromatic heterocycles. The van der Waals surface area contributed by atoms with Crippen molar-refractivity contribution >= 4 is 17.1 Å². The van der Waals surface area contributed by atoms with Crippen molar-refractivity contribution in [3.8, 4) is 50.3 Å². The number of para-hydroxylation sites is 1. The number of anilines is 3. The summed E-state index contributed by atoms with van der Waals surface area (Å²) in [5.41, 5.74) is 17.5. The van der Waals surface area contributed by atoms with Crippen LogP contribution in [0.15, 0.2) is 91.0 Å². The van der Waals surface area contributed by atoms with Gasteiger partial charge in [-0.2, -0.15) is 0 Å². The second-order valence-corrected chi connectivity index (χ2v) is 10.8. The van der Waals surface area contributed by atoms with E-state index in [9.17, 15) is 0 Å². The van der Waals surface area contributed by atoms with E-state index in [1.807, 2.05) is 0 Å². The van der Waals surface area contributed by atoms with Gasteiger partial charge in [-0.15, -0.1) is 0 Å². The highest BCUT2D eigenvalue weighted by Crippen LogP contribution is 2.58. The molecule has 5 aromatic rings. The van der Waals surface area contributed by atoms with Gasteiger partial charge >= 0.3 is 0 Å². The minimum atomic E-state index is -0.183. The fourth-order valence-corrected chi connectivity index (χ4v) is 6.85. The summed E-state index contributed by atoms with van der Waals surface area (Å²) < 4.78 is 6.58. The van der Waals surface area contributed by atoms with Crippen molar-refractivity contribution in [1.29, 1.82) is 0 Å². The zero-order valence-electron chi connectivity index (χ0n) is 22.0. The van der Waals surface area contributed by atoms with Crippen LogP contribution in [0.5, 0.6) is 5.75 Å². The van der Waals surface area contributed by atoms with E-state index in [2.05, 4.69) is 129 Å². The van der Waals surface area contributed by atoms with Gasteiger partial charge in [0.25, 0.3) is 6.35 Å². The predicted octanol–water partition coefficient (Wildman–Crippen LogP) is 8.86. The highest BCUT2D eigenvalue weighted by molar-refractivity contribution is 6.08. The standard InChI is InChI=1S/C35H28N2O/c1-20-16-17-27-25-13-6-5-11-23(25)24-12-7-8-14-26(24)29-19-31-33(22(3)32(29)28(27)18-20)36(4)35-37(31)30-15-9-10-21(2)34(30)38-35/h5-19,35H,1-4H3. The molecule has 3 heteroatoms. The molecule has 0 saturated carbocycles. The molecule has 184 valence electrons. The first-order valence-electron chi connectivity index (χ1n) is 13.3. The number of nitrogens with zero attached hydrogens (tertiary/aromatic N) is 2. The third kappa shape index (κ3) is 2.68. The fourth-order valence-electron chi connectivity index (χ4n) is 6.85. The van der Waals surface area contributed by atoms with E-state index in [1.165, 1.54) is 72.6 Å². The average Bonchev–Trinajstić information content (AvgIpc) is 3.44. The topological polar surface area (TPSA) is 15.7 Å². The Hall–Kier alpha value is -4.50. The molecule has 2 aliphatic heterocycles. The van der Waals surface area contributed by atoms with E-state index in [0.29, 0.717) is 0 Å². The van der Waals surface area contributed by atoms with Crippen LogP contribution in [-0.2, 0) is 0 Å². The number of aryl methyl sites for hydroxylation is 2. The molecule has 8 rings (SSSR count). The summed E-state index contributed by atoms with van der Waals surface area (Å²) in [6, 6.07) is 33.5. The van der Waals surface area contributed by atoms with Crippen molar-refractivity contribution in [1.82, 2.24) is 0 Å². The Bertz CT molecular complexity index is 1820. The normalized spacial score (nSPS) is 15.7. The van der Waals surface area contributed by atoms with E-state index in [4.69, 9.17) is 4.74 Å². The van der Waals surface area contributed by atoms with E-state index >= 15 is 0 Å². The second-order valence-electron chi connectivity index (χ2n) is 10.8. The van der Waals surface area contributed by atoms with Gasteiger partial charge in [-0.25, -0.2) is 0 Å². The van der Waals surface area contributed by atoms with Gasteiger partial charge in [0.2, 0.25) is 0 Å². The Labute approximate surface area is 223 Å². The molecule has 5 aromatic carbocycles. The minimum Gasteiger partial charge on any atom is -0.449 e. The molecule has 0 spiro atoms. The highest BCUT2D eigenvalue weighted by atomic mass is 16.5. The van der Waals surface area contributed by atoms with Gasteiger partial charge in [-0.3, -0.25) is 4.90 Å². The Morgan fingerprint density at radius 2 is 1.24 bits per heavy atom. The zero-order chi connectivity index (χ0) is 25.7. The molecular weight excluding hydrogens is 464 g/mol. The van der Waals surface area contributed by atoms with Gasteiger partial charge < -0.3 is 9.64 Å². The Kier molecular flexibility index (Phi) is 4.27. The van der Waals surface area contributed by atoms with Crippen LogP contribution in [-0.4, -0.2) is 13.4 Å². The molecule has 0 radical (unpaired) electrons. The molecule has 0 N–H and O–H groups in total. The van der Waals surface area contributed by atoms with Crippen LogP contribution in [0.2, 0.25) is 0 Å². The van der Waals surface area contributed by atoms with E-state index in [1.54, 1.807) is 0 Å². The number of ether oxygens (including phenoxy) is 1. The minimum absolute atomic E-state index is 0.183. The van der Waals surface area contributed by atoms with Gasteiger partial charge in [0.15, 0.2) is 5.75 Å². The first-order chi connectivity index (χ1) is 18.5. The van der Waals surface area contributed by atoms with Crippen molar-refractivity contribution < 1.29 is 4.74 Å². The first kappa shape index (κ1) is 21.6. The second kappa shape index (κ2) is 7.52. The summed E-state index contributed by atoms with van der Waals surface area (Å²) in [6.45, 7) is 6.60. The maximum atomic E-state index is 6.58. The van der Waals surface area contributed by atoms with Crippen molar-refractivity contribution in [2.75, 3.05) is 16.8 Å². The quantitative estimate of drug-likeness (QED) is 0.211. The molecule has 38 heavy (non-hydrogen) atoms. The van der Waals surface area contributed by atoms with E-state index in [0.717, 1.165) is 11.4 Å². The molecule has 1 atom stereocenters. The largest absolute Gasteiger partial charge is 0.449 e. The predicted molar refractivity (Wildman–Crippen MR) is 157 cm³/mol. The summed E-state index contributed by atoms with van der Waals surface area (Å²) >= 11 is 0. The first-order valence-corrected chi connectivity index (χ1v) is 13.3. The van der Waals surface area contributed by atoms with Gasteiger partial charge in [-0.05, 0) is 88.5 Å². The van der Waals surface area contributed by atoms with Gasteiger partial charge in [0, 0.05) is 7.05 Å². The number of hydrogen-bond acceptors (Lipinski definition) is 3. The molecule has 0 bridgehead atoms. The van der Waals surface area contributed by atoms with Crippen molar-refractivity contribution in [3.63, 3.8) is 0 Å². The lowest BCUT2D eigenvalue weighted by molar-refractivity contribution is 0.241. The van der Waals surface area contributed by atoms with E-state index in [-0.39, 0.29) is 6.35 Å². The molecular formula is C35H28N2O. The van der Waals surface area contributed by atoms with Crippen molar-refractivity contribution in [2.45, 2.75) is 27.1 Å². The summed E-state index contributed by atoms with van der Waals surface area (Å²) in [5, 5.41) is 0. The monoisotopic (exact) mass is 492 g/mol. The van der Waals surface area contributed by atoms with Crippen LogP contribution >= 0.6 is 0 Å². The molecule has 0 saturated heterocycles. The summed E-state index contributed by atoms with van der Waals surface area (Å²) in [7, 11) is 2.16. The highest BCUT2D eigenvalue weighted by Gasteiger charge is 2.45. The molecule has 3 nitrogen and oxygen atoms in total. The molecule has 3 aliphatic rings. The smallest absolute Gasteiger partial charge is 0.257 e. The summed E-state index contributed by atoms with van der Waals surface area (Å²) in [5.74, 6) is 0.981. The van der Waals surface area contributed by atoms with Crippen LogP contribution in [0.1, 0.15) is 16.7 Å². The Morgan fingerprint density at radius 1 is 0.605 bits per heavy atom. The number of rotatable bonds is 0. The van der Waals surface area contributed by atoms with Crippen LogP contribution in [0.25, 0.3) is 44.5 Å². The number of hydrogen-bond donors (Lipinski definition) is 0. The number of fused-ring (bicyclic) bond motifs is 13. The molecule has 2 heterocycles. The summed E-state index contributed by atoms with van der Waals surface area (Å²) in [6.07, 6.45) is -0.183. The average molecular weight is 493 g/mol. The lowest BCUT2D eigenvalue weighted by atomic mass is 9.78. The maximum Gasteiger partial charge on any atom is 0.257 e. The van der Waals surface area contributed by atoms with Crippen LogP contribution < -0.4 is 14.5 Å². The summed E-state index contributed by atoms with van der Waals surface area (Å²) in [4.78, 5) is 4.68. The third-order valence-electron chi connectivity index (χ3n) is 8.53. The number of benzene rings is 5. The molecule has 0 amide bonds. The van der Waals surface area contributed by atoms with Gasteiger partial charge in [0.1, 0.15) is 0 Å². The van der Waals surface area contributed by atoms with Crippen molar-refractivity contribution in [2.24, 2.45) is 0 Å². The third-order valence-corrected chi connectivity index (χ3v) is 8.53. The zero-order valence-corrected chi connectivity index (χ0v) is 22.0. The van der Waals surface area contributed by atoms with Gasteiger partial charge in [0.05, 0.1) is 17.1 Å². The Morgan fingerprint density at radius 3 is 1.92 bits per heavy atom. The molecule has 1 unspecified atom stereocenters. The van der Waals surface area contributed by atoms with Crippen LogP contribution in [0.3, 0.4) is 0 Å². The van der Waals surface area contributed by atoms with Crippen LogP contribution in [0, 0.1) is 20.8 Å². The SMILES string of the molecule is Cc1ccc2c(c1)-c1c(cc3c(c1C)N(C)C1Oc4c(C)cccc4N31)-c1ccccc1-c1ccccc1-2. The molecule has 0 fully saturated rings. The molecule has 1 aliphatic carbocycles. The maximum absolute atomic E-state index is 6.58. The van der Waals surface area contributed by atoms with Crippen LogP contribution in [0.4, 0.5) is 17.1 Å². The van der Waals surface area contributed by atoms with Crippen molar-refractivity contribution in [3.05, 3.63) is 108 Å². The lowest BCUT2D eigenvalue weighted by Gasteiger charge is -2.27. The van der Waals surface area contributed by atoms with Gasteiger partial charge in [-0.1, -0.05) is 84.4 Å². The fraction of sp³-hybridized carbons (Fsp3) is 0.143. The lowest BCUT2D eigenvalue weighted by Crippen LogP contribution is -2.39.